The maximum Gasteiger partial charge on any atom is 0.0936 e. The Balaban J connectivity index is 2.47. The molecule has 2 N–H and O–H groups in total. The molecule has 1 rings (SSSR count). The zero-order valence-electron chi connectivity index (χ0n) is 8.77. The summed E-state index contributed by atoms with van der Waals surface area (Å²) in [5, 5.41) is 19.2. The van der Waals surface area contributed by atoms with E-state index in [-0.39, 0.29) is 29.9 Å². The van der Waals surface area contributed by atoms with E-state index in [0.717, 1.165) is 12.8 Å². The first-order valence-corrected chi connectivity index (χ1v) is 6.30. The second-order valence-corrected chi connectivity index (χ2v) is 4.68. The Morgan fingerprint density at radius 2 is 1.80 bits per heavy atom. The molecular formula is C10H18Cl2O3. The van der Waals surface area contributed by atoms with Crippen LogP contribution in [0.3, 0.4) is 0 Å². The largest absolute Gasteiger partial charge is 0.391 e. The van der Waals surface area contributed by atoms with Gasteiger partial charge in [0, 0.05) is 11.8 Å². The van der Waals surface area contributed by atoms with Gasteiger partial charge in [0.2, 0.25) is 0 Å². The molecule has 1 heterocycles. The maximum absolute atomic E-state index is 9.63. The summed E-state index contributed by atoms with van der Waals surface area (Å²) in [5.41, 5.74) is 0. The van der Waals surface area contributed by atoms with Crippen LogP contribution in [0.5, 0.6) is 0 Å². The zero-order valence-corrected chi connectivity index (χ0v) is 10.3. The van der Waals surface area contributed by atoms with Crippen molar-refractivity contribution in [3.05, 3.63) is 0 Å². The van der Waals surface area contributed by atoms with Crippen LogP contribution < -0.4 is 0 Å². The fourth-order valence-corrected chi connectivity index (χ4v) is 2.47. The highest BCUT2D eigenvalue weighted by Crippen LogP contribution is 2.29. The van der Waals surface area contributed by atoms with Crippen LogP contribution in [0.4, 0.5) is 0 Å². The average Bonchev–Trinajstić information content (AvgIpc) is 2.26. The normalized spacial score (nSPS) is 36.2. The highest BCUT2D eigenvalue weighted by atomic mass is 35.5. The molecule has 1 saturated heterocycles. The average molecular weight is 257 g/mol. The molecule has 0 saturated carbocycles. The van der Waals surface area contributed by atoms with E-state index in [1.54, 1.807) is 0 Å². The van der Waals surface area contributed by atoms with E-state index >= 15 is 0 Å². The van der Waals surface area contributed by atoms with Crippen molar-refractivity contribution < 1.29 is 14.9 Å². The van der Waals surface area contributed by atoms with Crippen LogP contribution in [-0.4, -0.2) is 46.4 Å². The van der Waals surface area contributed by atoms with Crippen molar-refractivity contribution in [3.8, 4) is 0 Å². The van der Waals surface area contributed by atoms with Crippen molar-refractivity contribution in [2.75, 3.05) is 11.8 Å². The molecule has 1 aliphatic rings. The van der Waals surface area contributed by atoms with Crippen LogP contribution in [0.2, 0.25) is 0 Å². The van der Waals surface area contributed by atoms with Gasteiger partial charge in [0.15, 0.2) is 0 Å². The number of aliphatic hydroxyl groups excluding tert-OH is 2. The summed E-state index contributed by atoms with van der Waals surface area (Å²) in [5.74, 6) is 0.461. The maximum atomic E-state index is 9.63. The fraction of sp³-hybridized carbons (Fsp3) is 1.00. The standard InChI is InChI=1S/C10H18Cl2O3/c1-6-7(8(13)4-11)2-3-10(15-6)9(14)5-12/h6-10,13-14H,2-5H2,1H3. The number of hydrogen-bond acceptors (Lipinski definition) is 3. The number of halogens is 2. The molecule has 0 aromatic heterocycles. The monoisotopic (exact) mass is 256 g/mol. The molecule has 3 nitrogen and oxygen atoms in total. The number of rotatable bonds is 4. The van der Waals surface area contributed by atoms with Crippen LogP contribution in [0.1, 0.15) is 19.8 Å². The molecule has 5 atom stereocenters. The third kappa shape index (κ3) is 3.46. The zero-order chi connectivity index (χ0) is 11.4. The summed E-state index contributed by atoms with van der Waals surface area (Å²) in [7, 11) is 0. The van der Waals surface area contributed by atoms with Crippen molar-refractivity contribution in [3.63, 3.8) is 0 Å². The summed E-state index contributed by atoms with van der Waals surface area (Å²) in [4.78, 5) is 0. The SMILES string of the molecule is CC1OC(C(O)CCl)CCC1C(O)CCl. The Bertz CT molecular complexity index is 192. The van der Waals surface area contributed by atoms with Gasteiger partial charge in [0.05, 0.1) is 30.3 Å². The molecule has 1 fully saturated rings. The van der Waals surface area contributed by atoms with Gasteiger partial charge in [-0.25, -0.2) is 0 Å². The van der Waals surface area contributed by atoms with Gasteiger partial charge < -0.3 is 14.9 Å². The minimum absolute atomic E-state index is 0.0567. The van der Waals surface area contributed by atoms with E-state index in [0.29, 0.717) is 0 Å². The first kappa shape index (κ1) is 13.5. The van der Waals surface area contributed by atoms with E-state index in [9.17, 15) is 10.2 Å². The fourth-order valence-electron chi connectivity index (χ4n) is 2.04. The summed E-state index contributed by atoms with van der Waals surface area (Å²) in [6, 6.07) is 0. The van der Waals surface area contributed by atoms with Crippen LogP contribution >= 0.6 is 23.2 Å². The Morgan fingerprint density at radius 1 is 1.20 bits per heavy atom. The van der Waals surface area contributed by atoms with Crippen molar-refractivity contribution in [2.24, 2.45) is 5.92 Å². The van der Waals surface area contributed by atoms with Crippen molar-refractivity contribution >= 4 is 23.2 Å². The van der Waals surface area contributed by atoms with Crippen LogP contribution in [0.25, 0.3) is 0 Å². The lowest BCUT2D eigenvalue weighted by Gasteiger charge is -2.38. The van der Waals surface area contributed by atoms with Gasteiger partial charge in [-0.2, -0.15) is 0 Å². The van der Waals surface area contributed by atoms with E-state index in [2.05, 4.69) is 0 Å². The van der Waals surface area contributed by atoms with Crippen LogP contribution in [-0.2, 0) is 4.74 Å². The molecule has 0 amide bonds. The molecule has 90 valence electrons. The Morgan fingerprint density at radius 3 is 2.27 bits per heavy atom. The summed E-state index contributed by atoms with van der Waals surface area (Å²) >= 11 is 11.2. The summed E-state index contributed by atoms with van der Waals surface area (Å²) in [6.07, 6.45) is 0.0791. The van der Waals surface area contributed by atoms with Crippen LogP contribution in [0, 0.1) is 5.92 Å². The second-order valence-electron chi connectivity index (χ2n) is 4.06. The first-order chi connectivity index (χ1) is 7.10. The van der Waals surface area contributed by atoms with Crippen molar-refractivity contribution in [2.45, 2.75) is 44.2 Å². The minimum Gasteiger partial charge on any atom is -0.391 e. The Kier molecular flexibility index (Phi) is 5.64. The minimum atomic E-state index is -0.622. The van der Waals surface area contributed by atoms with Crippen molar-refractivity contribution in [1.82, 2.24) is 0 Å². The molecule has 5 heteroatoms. The van der Waals surface area contributed by atoms with Crippen molar-refractivity contribution in [1.29, 1.82) is 0 Å². The second kappa shape index (κ2) is 6.26. The summed E-state index contributed by atoms with van der Waals surface area (Å²) in [6.45, 7) is 1.90. The number of alkyl halides is 2. The third-order valence-electron chi connectivity index (χ3n) is 3.02. The number of aliphatic hydroxyl groups is 2. The lowest BCUT2D eigenvalue weighted by Crippen LogP contribution is -2.44. The predicted octanol–water partition coefficient (Wildman–Crippen LogP) is 1.37. The quantitative estimate of drug-likeness (QED) is 0.748. The third-order valence-corrected chi connectivity index (χ3v) is 3.65. The first-order valence-electron chi connectivity index (χ1n) is 5.23. The van der Waals surface area contributed by atoms with Gasteiger partial charge in [-0.3, -0.25) is 0 Å². The number of hydrogen-bond donors (Lipinski definition) is 2. The van der Waals surface area contributed by atoms with E-state index in [4.69, 9.17) is 27.9 Å². The topological polar surface area (TPSA) is 49.7 Å². The van der Waals surface area contributed by atoms with Gasteiger partial charge in [0.25, 0.3) is 0 Å². The van der Waals surface area contributed by atoms with Crippen LogP contribution in [0.15, 0.2) is 0 Å². The molecule has 0 aliphatic carbocycles. The number of ether oxygens (including phenoxy) is 1. The molecule has 0 bridgehead atoms. The van der Waals surface area contributed by atoms with E-state index in [1.165, 1.54) is 0 Å². The molecule has 0 radical (unpaired) electrons. The molecule has 0 aromatic rings. The van der Waals surface area contributed by atoms with Gasteiger partial charge in [-0.05, 0) is 19.8 Å². The Hall–Kier alpha value is 0.460. The summed E-state index contributed by atoms with van der Waals surface area (Å²) < 4.78 is 5.62. The van der Waals surface area contributed by atoms with Gasteiger partial charge in [-0.1, -0.05) is 0 Å². The molecule has 0 spiro atoms. The highest BCUT2D eigenvalue weighted by molar-refractivity contribution is 6.18. The smallest absolute Gasteiger partial charge is 0.0936 e. The van der Waals surface area contributed by atoms with Gasteiger partial charge in [-0.15, -0.1) is 23.2 Å². The molecule has 1 aliphatic heterocycles. The molecule has 15 heavy (non-hydrogen) atoms. The molecule has 0 aromatic carbocycles. The van der Waals surface area contributed by atoms with Gasteiger partial charge in [0.1, 0.15) is 0 Å². The van der Waals surface area contributed by atoms with E-state index in [1.807, 2.05) is 6.92 Å². The predicted molar refractivity (Wildman–Crippen MR) is 60.5 cm³/mol. The van der Waals surface area contributed by atoms with Gasteiger partial charge >= 0.3 is 0 Å². The Labute approximate surface area is 100 Å². The molecule has 5 unspecified atom stereocenters. The highest BCUT2D eigenvalue weighted by Gasteiger charge is 2.35. The lowest BCUT2D eigenvalue weighted by molar-refractivity contribution is -0.135. The van der Waals surface area contributed by atoms with E-state index < -0.39 is 12.2 Å². The lowest BCUT2D eigenvalue weighted by atomic mass is 9.87. The molecular weight excluding hydrogens is 239 g/mol.